The van der Waals surface area contributed by atoms with Crippen molar-refractivity contribution in [3.8, 4) is 0 Å². The van der Waals surface area contributed by atoms with Crippen LogP contribution in [0.1, 0.15) is 25.7 Å². The maximum atomic E-state index is 12.7. The van der Waals surface area contributed by atoms with E-state index in [0.717, 1.165) is 0 Å². The highest BCUT2D eigenvalue weighted by molar-refractivity contribution is 4.73. The summed E-state index contributed by atoms with van der Waals surface area (Å²) in [6.45, 7) is 0. The van der Waals surface area contributed by atoms with Crippen LogP contribution in [-0.2, 0) is 0 Å². The Hall–Kier alpha value is -0.670. The lowest BCUT2D eigenvalue weighted by Crippen LogP contribution is -2.28. The minimum absolute atomic E-state index is 0.0972. The van der Waals surface area contributed by atoms with E-state index < -0.39 is 10.7 Å². The molecule has 52 valence electrons. The normalized spacial score (nSPS) is 24.1. The average molecular weight is 133 g/mol. The summed E-state index contributed by atoms with van der Waals surface area (Å²) in [5.41, 5.74) is 0. The van der Waals surface area contributed by atoms with E-state index in [-0.39, 0.29) is 12.8 Å². The second kappa shape index (κ2) is 1.93. The lowest BCUT2D eigenvalue weighted by molar-refractivity contribution is -0.603. The summed E-state index contributed by atoms with van der Waals surface area (Å²) in [6.07, 6.45) is 1.50. The van der Waals surface area contributed by atoms with Gasteiger partial charge in [-0.1, -0.05) is 0 Å². The van der Waals surface area contributed by atoms with Crippen LogP contribution in [0.15, 0.2) is 0 Å². The van der Waals surface area contributed by atoms with Crippen LogP contribution >= 0.6 is 0 Å². The van der Waals surface area contributed by atoms with Crippen molar-refractivity contribution in [2.24, 2.45) is 0 Å². The predicted octanol–water partition coefficient (Wildman–Crippen LogP) is 1.50. The number of hydrogen-bond acceptors (Lipinski definition) is 2. The molecule has 0 atom stereocenters. The third kappa shape index (κ3) is 1.01. The topological polar surface area (TPSA) is 43.1 Å². The molecule has 0 bridgehead atoms. The van der Waals surface area contributed by atoms with Crippen molar-refractivity contribution in [3.05, 3.63) is 10.1 Å². The molecule has 1 aliphatic rings. The SMILES string of the molecule is O=[N+]([O-])C1(F)CCCC1. The number of nitro groups is 1. The van der Waals surface area contributed by atoms with Gasteiger partial charge >= 0.3 is 5.79 Å². The first kappa shape index (κ1) is 6.45. The van der Waals surface area contributed by atoms with Crippen LogP contribution in [0.2, 0.25) is 0 Å². The first-order chi connectivity index (χ1) is 4.15. The zero-order valence-corrected chi connectivity index (χ0v) is 4.97. The van der Waals surface area contributed by atoms with Gasteiger partial charge in [-0.05, 0) is 12.8 Å². The van der Waals surface area contributed by atoms with Gasteiger partial charge in [-0.3, -0.25) is 10.1 Å². The Morgan fingerprint density at radius 2 is 1.89 bits per heavy atom. The Kier molecular flexibility index (Phi) is 1.38. The molecule has 0 saturated heterocycles. The van der Waals surface area contributed by atoms with Gasteiger partial charge in [-0.25, -0.2) is 0 Å². The molecule has 0 aromatic heterocycles. The fourth-order valence-electron chi connectivity index (χ4n) is 1.10. The standard InChI is InChI=1S/C5H8FNO2/c6-5(7(8)9)3-1-2-4-5/h1-4H2. The van der Waals surface area contributed by atoms with Crippen molar-refractivity contribution < 1.29 is 9.31 Å². The molecule has 0 radical (unpaired) electrons. The van der Waals surface area contributed by atoms with E-state index in [4.69, 9.17) is 0 Å². The summed E-state index contributed by atoms with van der Waals surface area (Å²) in [7, 11) is 0. The Labute approximate surface area is 52.0 Å². The third-order valence-corrected chi connectivity index (χ3v) is 1.70. The number of hydrogen-bond donors (Lipinski definition) is 0. The molecule has 0 aromatic rings. The highest BCUT2D eigenvalue weighted by atomic mass is 19.1. The van der Waals surface area contributed by atoms with Crippen LogP contribution in [0, 0.1) is 10.1 Å². The average Bonchev–Trinajstić information content (AvgIpc) is 2.16. The van der Waals surface area contributed by atoms with Crippen LogP contribution in [-0.4, -0.2) is 10.7 Å². The smallest absolute Gasteiger partial charge is 0.261 e. The fourth-order valence-corrected chi connectivity index (χ4v) is 1.10. The molecule has 0 unspecified atom stereocenters. The molecule has 0 amide bonds. The van der Waals surface area contributed by atoms with Crippen molar-refractivity contribution in [2.45, 2.75) is 31.5 Å². The van der Waals surface area contributed by atoms with E-state index in [1.807, 2.05) is 0 Å². The van der Waals surface area contributed by atoms with Gasteiger partial charge in [-0.2, -0.15) is 4.39 Å². The number of rotatable bonds is 1. The van der Waals surface area contributed by atoms with Gasteiger partial charge in [0.2, 0.25) is 0 Å². The Bertz CT molecular complexity index is 131. The van der Waals surface area contributed by atoms with Gasteiger partial charge < -0.3 is 0 Å². The van der Waals surface area contributed by atoms with Gasteiger partial charge in [0.25, 0.3) is 0 Å². The predicted molar refractivity (Wildman–Crippen MR) is 29.3 cm³/mol. The molecule has 4 heteroatoms. The summed E-state index contributed by atoms with van der Waals surface area (Å²) in [6, 6.07) is 0. The first-order valence-electron chi connectivity index (χ1n) is 2.98. The fraction of sp³-hybridized carbons (Fsp3) is 1.00. The van der Waals surface area contributed by atoms with E-state index in [2.05, 4.69) is 0 Å². The van der Waals surface area contributed by atoms with Gasteiger partial charge in [0, 0.05) is 12.8 Å². The summed E-state index contributed by atoms with van der Waals surface area (Å²) < 4.78 is 12.7. The minimum atomic E-state index is -2.08. The molecule has 1 saturated carbocycles. The van der Waals surface area contributed by atoms with Crippen LogP contribution in [0.4, 0.5) is 4.39 Å². The van der Waals surface area contributed by atoms with E-state index in [1.54, 1.807) is 0 Å². The Balaban J connectivity index is 2.61. The third-order valence-electron chi connectivity index (χ3n) is 1.70. The lowest BCUT2D eigenvalue weighted by atomic mass is 10.2. The summed E-state index contributed by atoms with van der Waals surface area (Å²) in [4.78, 5) is 9.15. The molecule has 9 heavy (non-hydrogen) atoms. The van der Waals surface area contributed by atoms with Crippen LogP contribution in [0.5, 0.6) is 0 Å². The van der Waals surface area contributed by atoms with Gasteiger partial charge in [0.15, 0.2) is 0 Å². The second-order valence-corrected chi connectivity index (χ2v) is 2.38. The monoisotopic (exact) mass is 133 g/mol. The quantitative estimate of drug-likeness (QED) is 0.309. The van der Waals surface area contributed by atoms with E-state index in [0.29, 0.717) is 12.8 Å². The van der Waals surface area contributed by atoms with Gasteiger partial charge in [0.05, 0.1) is 4.92 Å². The van der Waals surface area contributed by atoms with Crippen LogP contribution < -0.4 is 0 Å². The lowest BCUT2D eigenvalue weighted by Gasteiger charge is -2.06. The molecule has 1 fully saturated rings. The number of alkyl halides is 1. The number of nitrogens with zero attached hydrogens (tertiary/aromatic N) is 1. The van der Waals surface area contributed by atoms with Crippen molar-refractivity contribution in [1.82, 2.24) is 0 Å². The Morgan fingerprint density at radius 3 is 2.11 bits per heavy atom. The number of halogens is 1. The molecule has 1 aliphatic carbocycles. The molecular weight excluding hydrogens is 125 g/mol. The van der Waals surface area contributed by atoms with Crippen molar-refractivity contribution in [2.75, 3.05) is 0 Å². The summed E-state index contributed by atoms with van der Waals surface area (Å²) in [5.74, 6) is -2.08. The zero-order valence-electron chi connectivity index (χ0n) is 4.97. The first-order valence-corrected chi connectivity index (χ1v) is 2.98. The molecule has 0 N–H and O–H groups in total. The molecule has 0 heterocycles. The van der Waals surface area contributed by atoms with E-state index in [9.17, 15) is 14.5 Å². The van der Waals surface area contributed by atoms with Crippen molar-refractivity contribution >= 4 is 0 Å². The molecule has 3 nitrogen and oxygen atoms in total. The molecule has 0 spiro atoms. The molecule has 0 aliphatic heterocycles. The molecule has 1 rings (SSSR count). The van der Waals surface area contributed by atoms with Gasteiger partial charge in [-0.15, -0.1) is 0 Å². The van der Waals surface area contributed by atoms with E-state index >= 15 is 0 Å². The maximum Gasteiger partial charge on any atom is 0.358 e. The zero-order chi connectivity index (χ0) is 6.91. The Morgan fingerprint density at radius 1 is 1.44 bits per heavy atom. The van der Waals surface area contributed by atoms with Gasteiger partial charge in [0.1, 0.15) is 0 Å². The summed E-state index contributed by atoms with van der Waals surface area (Å²) >= 11 is 0. The molecule has 0 aromatic carbocycles. The summed E-state index contributed by atoms with van der Waals surface area (Å²) in [5, 5.41) is 9.95. The van der Waals surface area contributed by atoms with Crippen molar-refractivity contribution in [3.63, 3.8) is 0 Å². The van der Waals surface area contributed by atoms with E-state index in [1.165, 1.54) is 0 Å². The minimum Gasteiger partial charge on any atom is -0.261 e. The molecular formula is C5H8FNO2. The highest BCUT2D eigenvalue weighted by Gasteiger charge is 2.45. The van der Waals surface area contributed by atoms with Crippen LogP contribution in [0.25, 0.3) is 0 Å². The second-order valence-electron chi connectivity index (χ2n) is 2.38. The van der Waals surface area contributed by atoms with Crippen LogP contribution in [0.3, 0.4) is 0 Å². The largest absolute Gasteiger partial charge is 0.358 e. The maximum absolute atomic E-state index is 12.7. The highest BCUT2D eigenvalue weighted by Crippen LogP contribution is 2.33. The van der Waals surface area contributed by atoms with Crippen molar-refractivity contribution in [1.29, 1.82) is 0 Å².